The number of aromatic nitrogens is 1. The molecule has 3 nitrogen and oxygen atoms in total. The maximum absolute atomic E-state index is 12.2. The minimum Gasteiger partial charge on any atom is -0.436 e. The Kier molecular flexibility index (Phi) is 3.36. The van der Waals surface area contributed by atoms with Crippen LogP contribution < -0.4 is 4.74 Å². The Bertz CT molecular complexity index is 798. The van der Waals surface area contributed by atoms with Crippen molar-refractivity contribution in [1.29, 1.82) is 0 Å². The molecular formula is C14H7BrF3NO2. The molecule has 0 aliphatic carbocycles. The number of hydrogen-bond donors (Lipinski definition) is 0. The average Bonchev–Trinajstić information content (AvgIpc) is 2.80. The molecule has 0 saturated heterocycles. The molecule has 21 heavy (non-hydrogen) atoms. The lowest BCUT2D eigenvalue weighted by molar-refractivity contribution is -0.274. The number of alkyl halides is 3. The van der Waals surface area contributed by atoms with Gasteiger partial charge in [0, 0.05) is 10.0 Å². The Morgan fingerprint density at radius 2 is 1.90 bits per heavy atom. The van der Waals surface area contributed by atoms with Gasteiger partial charge in [0.2, 0.25) is 5.89 Å². The Hall–Kier alpha value is -2.02. The van der Waals surface area contributed by atoms with Crippen LogP contribution >= 0.6 is 15.9 Å². The highest BCUT2D eigenvalue weighted by Gasteiger charge is 2.31. The van der Waals surface area contributed by atoms with E-state index in [1.807, 2.05) is 0 Å². The molecule has 0 fully saturated rings. The van der Waals surface area contributed by atoms with Crippen molar-refractivity contribution in [1.82, 2.24) is 4.98 Å². The van der Waals surface area contributed by atoms with Gasteiger partial charge in [0.25, 0.3) is 0 Å². The van der Waals surface area contributed by atoms with E-state index in [4.69, 9.17) is 4.42 Å². The molecule has 0 bridgehead atoms. The Labute approximate surface area is 125 Å². The predicted octanol–water partition coefficient (Wildman–Crippen LogP) is 5.16. The minimum absolute atomic E-state index is 0.232. The van der Waals surface area contributed by atoms with Gasteiger partial charge in [-0.15, -0.1) is 13.2 Å². The Balaban J connectivity index is 2.00. The lowest BCUT2D eigenvalue weighted by atomic mass is 10.2. The lowest BCUT2D eigenvalue weighted by Crippen LogP contribution is -2.17. The van der Waals surface area contributed by atoms with Gasteiger partial charge in [0.15, 0.2) is 5.58 Å². The van der Waals surface area contributed by atoms with Crippen molar-refractivity contribution in [2.45, 2.75) is 6.36 Å². The molecule has 7 heteroatoms. The molecule has 1 heterocycles. The molecule has 0 N–H and O–H groups in total. The van der Waals surface area contributed by atoms with Gasteiger partial charge in [0.05, 0.1) is 0 Å². The van der Waals surface area contributed by atoms with Crippen molar-refractivity contribution in [3.05, 3.63) is 46.9 Å². The van der Waals surface area contributed by atoms with E-state index in [9.17, 15) is 13.2 Å². The molecule has 3 aromatic rings. The summed E-state index contributed by atoms with van der Waals surface area (Å²) in [4.78, 5) is 4.24. The first-order valence-corrected chi connectivity index (χ1v) is 6.62. The topological polar surface area (TPSA) is 35.3 Å². The van der Waals surface area contributed by atoms with Gasteiger partial charge in [0.1, 0.15) is 11.3 Å². The van der Waals surface area contributed by atoms with Gasteiger partial charge in [-0.25, -0.2) is 4.98 Å². The van der Waals surface area contributed by atoms with Crippen LogP contribution in [0, 0.1) is 0 Å². The first-order valence-electron chi connectivity index (χ1n) is 5.83. The van der Waals surface area contributed by atoms with Crippen LogP contribution in [0.15, 0.2) is 51.4 Å². The average molecular weight is 358 g/mol. The summed E-state index contributed by atoms with van der Waals surface area (Å²) in [6, 6.07) is 10.8. The molecule has 2 aromatic carbocycles. The number of hydrogen-bond acceptors (Lipinski definition) is 3. The summed E-state index contributed by atoms with van der Waals surface area (Å²) in [7, 11) is 0. The van der Waals surface area contributed by atoms with Crippen molar-refractivity contribution in [2.24, 2.45) is 0 Å². The van der Waals surface area contributed by atoms with Gasteiger partial charge >= 0.3 is 6.36 Å². The summed E-state index contributed by atoms with van der Waals surface area (Å²) in [5, 5.41) is 0. The van der Waals surface area contributed by atoms with Crippen LogP contribution in [0.5, 0.6) is 5.75 Å². The molecule has 0 spiro atoms. The second kappa shape index (κ2) is 5.07. The molecule has 0 amide bonds. The number of halogens is 4. The van der Waals surface area contributed by atoms with E-state index < -0.39 is 6.36 Å². The monoisotopic (exact) mass is 357 g/mol. The van der Waals surface area contributed by atoms with Crippen LogP contribution in [-0.2, 0) is 0 Å². The second-order valence-electron chi connectivity index (χ2n) is 4.21. The fourth-order valence-corrected chi connectivity index (χ4v) is 2.19. The molecule has 3 rings (SSSR count). The number of fused-ring (bicyclic) bond motifs is 1. The van der Waals surface area contributed by atoms with Gasteiger partial charge in [-0.1, -0.05) is 22.0 Å². The van der Waals surface area contributed by atoms with Crippen molar-refractivity contribution in [2.75, 3.05) is 0 Å². The summed E-state index contributed by atoms with van der Waals surface area (Å²) in [6.45, 7) is 0. The number of ether oxygens (including phenoxy) is 1. The molecule has 0 aliphatic rings. The number of nitrogens with zero attached hydrogens (tertiary/aromatic N) is 1. The summed E-state index contributed by atoms with van der Waals surface area (Å²) >= 11 is 3.31. The van der Waals surface area contributed by atoms with Gasteiger partial charge in [-0.3, -0.25) is 0 Å². The van der Waals surface area contributed by atoms with Crippen LogP contribution in [-0.4, -0.2) is 11.3 Å². The molecule has 1 aromatic heterocycles. The minimum atomic E-state index is -4.73. The molecule has 108 valence electrons. The summed E-state index contributed by atoms with van der Waals surface area (Å²) < 4.78 is 46.9. The SMILES string of the molecule is FC(F)(F)Oc1cccc(-c2nc3ccc(Br)cc3o2)c1. The highest BCUT2D eigenvalue weighted by atomic mass is 79.9. The summed E-state index contributed by atoms with van der Waals surface area (Å²) in [5.74, 6) is -0.0841. The summed E-state index contributed by atoms with van der Waals surface area (Å²) in [5.41, 5.74) is 1.57. The second-order valence-corrected chi connectivity index (χ2v) is 5.12. The molecule has 0 atom stereocenters. The molecule has 0 radical (unpaired) electrons. The zero-order chi connectivity index (χ0) is 15.0. The van der Waals surface area contributed by atoms with E-state index in [0.717, 1.165) is 4.47 Å². The highest BCUT2D eigenvalue weighted by molar-refractivity contribution is 9.10. The van der Waals surface area contributed by atoms with Crippen LogP contribution in [0.1, 0.15) is 0 Å². The van der Waals surface area contributed by atoms with E-state index in [1.165, 1.54) is 18.2 Å². The van der Waals surface area contributed by atoms with E-state index in [-0.39, 0.29) is 11.6 Å². The number of oxazole rings is 1. The largest absolute Gasteiger partial charge is 0.573 e. The first kappa shape index (κ1) is 13.9. The van der Waals surface area contributed by atoms with Crippen molar-refractivity contribution >= 4 is 27.0 Å². The fourth-order valence-electron chi connectivity index (χ4n) is 1.85. The van der Waals surface area contributed by atoms with Crippen LogP contribution in [0.25, 0.3) is 22.6 Å². The van der Waals surface area contributed by atoms with E-state index in [0.29, 0.717) is 16.7 Å². The van der Waals surface area contributed by atoms with Crippen molar-refractivity contribution < 1.29 is 22.3 Å². The highest BCUT2D eigenvalue weighted by Crippen LogP contribution is 2.30. The van der Waals surface area contributed by atoms with Gasteiger partial charge in [-0.2, -0.15) is 0 Å². The maximum Gasteiger partial charge on any atom is 0.573 e. The predicted molar refractivity (Wildman–Crippen MR) is 73.8 cm³/mol. The smallest absolute Gasteiger partial charge is 0.436 e. The third-order valence-corrected chi connectivity index (χ3v) is 3.16. The number of rotatable bonds is 2. The zero-order valence-electron chi connectivity index (χ0n) is 10.3. The third kappa shape index (κ3) is 3.18. The van der Waals surface area contributed by atoms with Crippen LogP contribution in [0.2, 0.25) is 0 Å². The summed E-state index contributed by atoms with van der Waals surface area (Å²) in [6.07, 6.45) is -4.73. The molecular weight excluding hydrogens is 351 g/mol. The Morgan fingerprint density at radius 3 is 2.67 bits per heavy atom. The van der Waals surface area contributed by atoms with E-state index in [1.54, 1.807) is 24.3 Å². The number of benzene rings is 2. The fraction of sp³-hybridized carbons (Fsp3) is 0.0714. The van der Waals surface area contributed by atoms with E-state index >= 15 is 0 Å². The van der Waals surface area contributed by atoms with E-state index in [2.05, 4.69) is 25.7 Å². The normalized spacial score (nSPS) is 11.8. The standard InChI is InChI=1S/C14H7BrF3NO2/c15-9-4-5-11-12(7-9)20-13(19-11)8-2-1-3-10(6-8)21-14(16,17)18/h1-7H. The maximum atomic E-state index is 12.2. The van der Waals surface area contributed by atoms with Crippen molar-refractivity contribution in [3.8, 4) is 17.2 Å². The Morgan fingerprint density at radius 1 is 1.10 bits per heavy atom. The van der Waals surface area contributed by atoms with Gasteiger partial charge in [-0.05, 0) is 36.4 Å². The van der Waals surface area contributed by atoms with Crippen molar-refractivity contribution in [3.63, 3.8) is 0 Å². The van der Waals surface area contributed by atoms with Gasteiger partial charge < -0.3 is 9.15 Å². The van der Waals surface area contributed by atoms with Crippen LogP contribution in [0.4, 0.5) is 13.2 Å². The molecule has 0 aliphatic heterocycles. The third-order valence-electron chi connectivity index (χ3n) is 2.67. The lowest BCUT2D eigenvalue weighted by Gasteiger charge is -2.08. The molecule has 0 saturated carbocycles. The zero-order valence-corrected chi connectivity index (χ0v) is 11.9. The van der Waals surface area contributed by atoms with Crippen LogP contribution in [0.3, 0.4) is 0 Å². The quantitative estimate of drug-likeness (QED) is 0.635. The molecule has 0 unspecified atom stereocenters. The first-order chi connectivity index (χ1) is 9.90.